The molecule has 1 aromatic rings. The van der Waals surface area contributed by atoms with Crippen LogP contribution in [-0.2, 0) is 10.1 Å². The van der Waals surface area contributed by atoms with Gasteiger partial charge in [0.15, 0.2) is 11.6 Å². The Morgan fingerprint density at radius 2 is 1.87 bits per heavy atom. The van der Waals surface area contributed by atoms with Crippen LogP contribution in [0.25, 0.3) is 0 Å². The van der Waals surface area contributed by atoms with E-state index >= 15 is 0 Å². The van der Waals surface area contributed by atoms with Crippen LogP contribution in [0.15, 0.2) is 35.5 Å². The number of carbonyl (C=O) groups excluding carboxylic acids is 1. The molecule has 2 unspecified atom stereocenters. The van der Waals surface area contributed by atoms with Crippen LogP contribution in [0.1, 0.15) is 6.92 Å². The van der Waals surface area contributed by atoms with Crippen molar-refractivity contribution in [3.05, 3.63) is 40.5 Å². The molecule has 120 valence electrons. The average Bonchev–Trinajstić information content (AvgIpc) is 2.42. The Morgan fingerprint density at radius 1 is 1.30 bits per heavy atom. The molecule has 1 N–H and O–H groups in total. The maximum atomic E-state index is 11.9. The molecular weight excluding hydrogens is 378 g/mol. The van der Waals surface area contributed by atoms with E-state index in [9.17, 15) is 17.8 Å². The smallest absolute Gasteiger partial charge is 0.746 e. The first-order valence-electron chi connectivity index (χ1n) is 6.01. The van der Waals surface area contributed by atoms with Gasteiger partial charge < -0.3 is 14.6 Å². The zero-order valence-corrected chi connectivity index (χ0v) is 16.5. The number of urea groups is 1. The van der Waals surface area contributed by atoms with Crippen molar-refractivity contribution in [3.8, 4) is 5.75 Å². The van der Waals surface area contributed by atoms with Gasteiger partial charge in [0.25, 0.3) is 0 Å². The van der Waals surface area contributed by atoms with Gasteiger partial charge in [-0.15, -0.1) is 0 Å². The zero-order valence-electron chi connectivity index (χ0n) is 12.2. The Balaban J connectivity index is 0.00000264. The quantitative estimate of drug-likeness (QED) is 0.529. The van der Waals surface area contributed by atoms with Crippen molar-refractivity contribution >= 4 is 39.4 Å². The van der Waals surface area contributed by atoms with Crippen molar-refractivity contribution < 1.29 is 52.1 Å². The maximum absolute atomic E-state index is 11.9. The van der Waals surface area contributed by atoms with E-state index in [-0.39, 0.29) is 34.6 Å². The predicted octanol–water partition coefficient (Wildman–Crippen LogP) is -0.954. The first-order valence-corrected chi connectivity index (χ1v) is 8.24. The first kappa shape index (κ1) is 20.6. The van der Waals surface area contributed by atoms with Gasteiger partial charge in [0, 0.05) is 11.2 Å². The van der Waals surface area contributed by atoms with Crippen LogP contribution in [0.5, 0.6) is 5.75 Å². The van der Waals surface area contributed by atoms with Crippen molar-refractivity contribution in [3.63, 3.8) is 0 Å². The molecule has 1 aliphatic heterocycles. The fraction of sp³-hybridized carbons (Fsp3) is 0.250. The Labute approximate surface area is 165 Å². The summed E-state index contributed by atoms with van der Waals surface area (Å²) in [7, 11) is -4.79. The summed E-state index contributed by atoms with van der Waals surface area (Å²) in [5, 5.41) is 0.437. The number of carbonyl (C=O) groups is 1. The number of amides is 2. The summed E-state index contributed by atoms with van der Waals surface area (Å²) in [6.45, 7) is 1.56. The van der Waals surface area contributed by atoms with Crippen LogP contribution in [-0.4, -0.2) is 35.5 Å². The van der Waals surface area contributed by atoms with Crippen LogP contribution in [0.4, 0.5) is 4.79 Å². The van der Waals surface area contributed by atoms with Crippen LogP contribution in [0.2, 0.25) is 5.02 Å². The molecular formula is C12H11Cl2N2NaO5S. The molecule has 23 heavy (non-hydrogen) atoms. The molecule has 0 fully saturated rings. The fourth-order valence-corrected chi connectivity index (χ4v) is 2.96. The second-order valence-corrected chi connectivity index (χ2v) is 6.74. The Bertz CT molecular complexity index is 711. The van der Waals surface area contributed by atoms with E-state index in [0.29, 0.717) is 10.8 Å². The normalized spacial score (nSPS) is 19.3. The first-order chi connectivity index (χ1) is 10.2. The Hall–Kier alpha value is -0.480. The standard InChI is InChI=1S/C12H12Cl2N2O5S.Na/c1-7(21-9-4-2-8(13)3-5-9)16-6-10(14)11(15-12(16)17)22(18,19)20;/h2-7,11H,1H3,(H,15,17)(H,18,19,20);/q;+1/p-1. The number of nitrogens with zero attached hydrogens (tertiary/aromatic N) is 1. The molecule has 0 saturated heterocycles. The van der Waals surface area contributed by atoms with Gasteiger partial charge in [-0.1, -0.05) is 23.2 Å². The van der Waals surface area contributed by atoms with E-state index in [4.69, 9.17) is 27.9 Å². The minimum Gasteiger partial charge on any atom is -0.746 e. The summed E-state index contributed by atoms with van der Waals surface area (Å²) in [4.78, 5) is 12.9. The summed E-state index contributed by atoms with van der Waals surface area (Å²) in [5.74, 6) is 0.452. The molecule has 1 aromatic carbocycles. The maximum Gasteiger partial charge on any atom is 1.00 e. The van der Waals surface area contributed by atoms with Gasteiger partial charge in [0.2, 0.25) is 0 Å². The van der Waals surface area contributed by atoms with Gasteiger partial charge in [-0.05, 0) is 31.2 Å². The molecule has 11 heteroatoms. The van der Waals surface area contributed by atoms with Crippen molar-refractivity contribution in [1.29, 1.82) is 0 Å². The number of halogens is 2. The third-order valence-corrected chi connectivity index (χ3v) is 4.45. The third kappa shape index (κ3) is 5.25. The number of ether oxygens (including phenoxy) is 1. The van der Waals surface area contributed by atoms with Crippen LogP contribution in [0, 0.1) is 0 Å². The van der Waals surface area contributed by atoms with E-state index in [1.165, 1.54) is 0 Å². The van der Waals surface area contributed by atoms with Gasteiger partial charge in [0.05, 0.1) is 5.03 Å². The number of nitrogens with one attached hydrogen (secondary N) is 1. The van der Waals surface area contributed by atoms with Crippen molar-refractivity contribution in [2.75, 3.05) is 0 Å². The second kappa shape index (κ2) is 8.06. The Kier molecular flexibility index (Phi) is 7.21. The Morgan fingerprint density at radius 3 is 2.39 bits per heavy atom. The van der Waals surface area contributed by atoms with Crippen molar-refractivity contribution in [1.82, 2.24) is 10.2 Å². The van der Waals surface area contributed by atoms with E-state index in [1.54, 1.807) is 31.2 Å². The molecule has 0 aliphatic carbocycles. The summed E-state index contributed by atoms with van der Waals surface area (Å²) >= 11 is 11.5. The zero-order chi connectivity index (χ0) is 16.5. The van der Waals surface area contributed by atoms with Gasteiger partial charge in [-0.3, -0.25) is 4.90 Å². The third-order valence-electron chi connectivity index (χ3n) is 2.80. The second-order valence-electron chi connectivity index (χ2n) is 4.41. The molecule has 2 rings (SSSR count). The van der Waals surface area contributed by atoms with E-state index < -0.39 is 27.8 Å². The summed E-state index contributed by atoms with van der Waals surface area (Å²) < 4.78 is 38.5. The molecule has 0 spiro atoms. The number of hydrogen-bond acceptors (Lipinski definition) is 5. The minimum absolute atomic E-state index is 0. The van der Waals surface area contributed by atoms with Crippen molar-refractivity contribution in [2.24, 2.45) is 0 Å². The van der Waals surface area contributed by atoms with E-state index in [1.807, 2.05) is 5.32 Å². The van der Waals surface area contributed by atoms with Gasteiger partial charge in [-0.2, -0.15) is 0 Å². The van der Waals surface area contributed by atoms with Crippen LogP contribution < -0.4 is 39.6 Å². The molecule has 1 aliphatic rings. The van der Waals surface area contributed by atoms with Gasteiger partial charge >= 0.3 is 35.6 Å². The number of hydrogen-bond donors (Lipinski definition) is 1. The molecule has 2 atom stereocenters. The van der Waals surface area contributed by atoms with Gasteiger partial charge in [0.1, 0.15) is 15.9 Å². The SMILES string of the molecule is CC(Oc1ccc(Cl)cc1)N1C=C(Cl)C(S(=O)(=O)[O-])NC1=O.[Na+]. The minimum atomic E-state index is -4.79. The predicted molar refractivity (Wildman–Crippen MR) is 79.3 cm³/mol. The molecule has 1 heterocycles. The van der Waals surface area contributed by atoms with E-state index in [2.05, 4.69) is 0 Å². The monoisotopic (exact) mass is 388 g/mol. The van der Waals surface area contributed by atoms with Crippen LogP contribution in [0.3, 0.4) is 0 Å². The summed E-state index contributed by atoms with van der Waals surface area (Å²) in [6.07, 6.45) is 0.270. The molecule has 0 bridgehead atoms. The van der Waals surface area contributed by atoms with Gasteiger partial charge in [-0.25, -0.2) is 13.2 Å². The molecule has 0 saturated carbocycles. The van der Waals surface area contributed by atoms with E-state index in [0.717, 1.165) is 11.1 Å². The van der Waals surface area contributed by atoms with Crippen molar-refractivity contribution in [2.45, 2.75) is 18.5 Å². The topological polar surface area (TPSA) is 98.8 Å². The number of benzene rings is 1. The summed E-state index contributed by atoms with van der Waals surface area (Å²) in [6, 6.07) is 5.63. The summed E-state index contributed by atoms with van der Waals surface area (Å²) in [5.41, 5.74) is 0. The molecule has 0 radical (unpaired) electrons. The molecule has 7 nitrogen and oxygen atoms in total. The largest absolute Gasteiger partial charge is 1.00 e. The van der Waals surface area contributed by atoms with Crippen LogP contribution >= 0.6 is 23.2 Å². The fourth-order valence-electron chi connectivity index (χ4n) is 1.76. The average molecular weight is 389 g/mol. The molecule has 0 aromatic heterocycles. The number of rotatable bonds is 4. The molecule has 2 amide bonds.